The molecular formula is C15H20N2O. The van der Waals surface area contributed by atoms with Gasteiger partial charge >= 0.3 is 0 Å². The molecule has 1 unspecified atom stereocenters. The Hall–Kier alpha value is -1.82. The van der Waals surface area contributed by atoms with E-state index in [0.717, 1.165) is 12.0 Å². The number of amides is 1. The van der Waals surface area contributed by atoms with E-state index >= 15 is 0 Å². The van der Waals surface area contributed by atoms with Gasteiger partial charge in [0.25, 0.3) is 0 Å². The van der Waals surface area contributed by atoms with Crippen molar-refractivity contribution in [1.82, 2.24) is 5.32 Å². The molecule has 3 nitrogen and oxygen atoms in total. The standard InChI is InChI=1S/C15H20N2O/c1-15(2,3)9-13(14(18)17-4)12-7-5-11(10-16)6-8-12/h5-8,13H,9H2,1-4H3,(H,17,18). The van der Waals surface area contributed by atoms with E-state index in [9.17, 15) is 4.79 Å². The number of nitrogens with zero attached hydrogens (tertiary/aromatic N) is 1. The van der Waals surface area contributed by atoms with Crippen molar-refractivity contribution >= 4 is 5.91 Å². The highest BCUT2D eigenvalue weighted by atomic mass is 16.1. The van der Waals surface area contributed by atoms with Crippen LogP contribution in [0.15, 0.2) is 24.3 Å². The van der Waals surface area contributed by atoms with Crippen LogP contribution in [0.4, 0.5) is 0 Å². The largest absolute Gasteiger partial charge is 0.359 e. The van der Waals surface area contributed by atoms with Crippen LogP contribution in [0.5, 0.6) is 0 Å². The van der Waals surface area contributed by atoms with Crippen molar-refractivity contribution in [3.05, 3.63) is 35.4 Å². The Morgan fingerprint density at radius 1 is 1.33 bits per heavy atom. The van der Waals surface area contributed by atoms with Gasteiger partial charge < -0.3 is 5.32 Å². The van der Waals surface area contributed by atoms with Crippen LogP contribution in [0.25, 0.3) is 0 Å². The second-order valence-electron chi connectivity index (χ2n) is 5.67. The molecule has 0 saturated heterocycles. The third-order valence-corrected chi connectivity index (χ3v) is 2.82. The van der Waals surface area contributed by atoms with E-state index in [1.165, 1.54) is 0 Å². The number of benzene rings is 1. The number of nitriles is 1. The molecule has 0 aromatic heterocycles. The van der Waals surface area contributed by atoms with Gasteiger partial charge in [-0.3, -0.25) is 4.79 Å². The minimum Gasteiger partial charge on any atom is -0.359 e. The maximum absolute atomic E-state index is 12.0. The Bertz CT molecular complexity index is 449. The van der Waals surface area contributed by atoms with E-state index in [-0.39, 0.29) is 17.2 Å². The number of likely N-dealkylation sites (N-methyl/N-ethyl adjacent to an activating group) is 1. The molecule has 0 heterocycles. The van der Waals surface area contributed by atoms with Gasteiger partial charge in [0.05, 0.1) is 17.6 Å². The number of nitrogens with one attached hydrogen (secondary N) is 1. The van der Waals surface area contributed by atoms with Gasteiger partial charge in [-0.15, -0.1) is 0 Å². The van der Waals surface area contributed by atoms with Gasteiger partial charge in [-0.1, -0.05) is 32.9 Å². The molecule has 1 aromatic rings. The summed E-state index contributed by atoms with van der Waals surface area (Å²) in [4.78, 5) is 12.0. The molecule has 0 saturated carbocycles. The van der Waals surface area contributed by atoms with Crippen LogP contribution in [0, 0.1) is 16.7 Å². The molecule has 0 aliphatic carbocycles. The van der Waals surface area contributed by atoms with Gasteiger partial charge in [-0.25, -0.2) is 0 Å². The lowest BCUT2D eigenvalue weighted by Crippen LogP contribution is -2.28. The predicted octanol–water partition coefficient (Wildman–Crippen LogP) is 2.82. The average molecular weight is 244 g/mol. The SMILES string of the molecule is CNC(=O)C(CC(C)(C)C)c1ccc(C#N)cc1. The van der Waals surface area contributed by atoms with Crippen LogP contribution in [-0.2, 0) is 4.79 Å². The summed E-state index contributed by atoms with van der Waals surface area (Å²) in [5.41, 5.74) is 1.65. The van der Waals surface area contributed by atoms with Gasteiger partial charge in [-0.05, 0) is 29.5 Å². The molecule has 0 fully saturated rings. The average Bonchev–Trinajstić information content (AvgIpc) is 2.34. The highest BCUT2D eigenvalue weighted by Gasteiger charge is 2.25. The number of hydrogen-bond acceptors (Lipinski definition) is 2. The number of carbonyl (C=O) groups is 1. The van der Waals surface area contributed by atoms with Crippen molar-refractivity contribution in [2.24, 2.45) is 5.41 Å². The van der Waals surface area contributed by atoms with Crippen molar-refractivity contribution in [2.45, 2.75) is 33.1 Å². The molecule has 3 heteroatoms. The van der Waals surface area contributed by atoms with Gasteiger partial charge in [0.15, 0.2) is 0 Å². The summed E-state index contributed by atoms with van der Waals surface area (Å²) >= 11 is 0. The zero-order chi connectivity index (χ0) is 13.8. The summed E-state index contributed by atoms with van der Waals surface area (Å²) in [6.45, 7) is 6.35. The Kier molecular flexibility index (Phi) is 4.49. The van der Waals surface area contributed by atoms with Crippen molar-refractivity contribution in [3.63, 3.8) is 0 Å². The zero-order valence-corrected chi connectivity index (χ0v) is 11.4. The van der Waals surface area contributed by atoms with Gasteiger partial charge in [-0.2, -0.15) is 5.26 Å². The van der Waals surface area contributed by atoms with Gasteiger partial charge in [0.1, 0.15) is 0 Å². The minimum absolute atomic E-state index is 0.0228. The molecular weight excluding hydrogens is 224 g/mol. The molecule has 1 rings (SSSR count). The first-order chi connectivity index (χ1) is 8.37. The first kappa shape index (κ1) is 14.2. The molecule has 18 heavy (non-hydrogen) atoms. The maximum Gasteiger partial charge on any atom is 0.227 e. The van der Waals surface area contributed by atoms with Crippen molar-refractivity contribution in [3.8, 4) is 6.07 Å². The third-order valence-electron chi connectivity index (χ3n) is 2.82. The first-order valence-electron chi connectivity index (χ1n) is 6.09. The normalized spacial score (nSPS) is 12.6. The molecule has 0 spiro atoms. The molecule has 1 amide bonds. The molecule has 0 aliphatic heterocycles. The van der Waals surface area contributed by atoms with Crippen LogP contribution in [0.1, 0.15) is 44.2 Å². The molecule has 0 bridgehead atoms. The van der Waals surface area contributed by atoms with E-state index in [1.54, 1.807) is 19.2 Å². The number of hydrogen-bond donors (Lipinski definition) is 1. The fourth-order valence-electron chi connectivity index (χ4n) is 1.94. The monoisotopic (exact) mass is 244 g/mol. The van der Waals surface area contributed by atoms with Crippen LogP contribution in [-0.4, -0.2) is 13.0 Å². The molecule has 1 aromatic carbocycles. The van der Waals surface area contributed by atoms with Crippen molar-refractivity contribution in [2.75, 3.05) is 7.05 Å². The first-order valence-corrected chi connectivity index (χ1v) is 6.09. The Labute approximate surface area is 109 Å². The summed E-state index contributed by atoms with van der Waals surface area (Å²) in [7, 11) is 1.65. The highest BCUT2D eigenvalue weighted by Crippen LogP contribution is 2.31. The molecule has 1 N–H and O–H groups in total. The van der Waals surface area contributed by atoms with Crippen molar-refractivity contribution in [1.29, 1.82) is 5.26 Å². The minimum atomic E-state index is -0.164. The van der Waals surface area contributed by atoms with Crippen LogP contribution in [0.3, 0.4) is 0 Å². The summed E-state index contributed by atoms with van der Waals surface area (Å²) in [5.74, 6) is -0.141. The third kappa shape index (κ3) is 3.89. The lowest BCUT2D eigenvalue weighted by molar-refractivity contribution is -0.122. The second-order valence-corrected chi connectivity index (χ2v) is 5.67. The maximum atomic E-state index is 12.0. The summed E-state index contributed by atoms with van der Waals surface area (Å²) < 4.78 is 0. The highest BCUT2D eigenvalue weighted by molar-refractivity contribution is 5.83. The Morgan fingerprint density at radius 3 is 2.28 bits per heavy atom. The smallest absolute Gasteiger partial charge is 0.227 e. The lowest BCUT2D eigenvalue weighted by Gasteiger charge is -2.25. The van der Waals surface area contributed by atoms with Gasteiger partial charge in [0.2, 0.25) is 5.91 Å². The van der Waals surface area contributed by atoms with E-state index in [0.29, 0.717) is 5.56 Å². The summed E-state index contributed by atoms with van der Waals surface area (Å²) in [6.07, 6.45) is 0.776. The van der Waals surface area contributed by atoms with E-state index < -0.39 is 0 Å². The lowest BCUT2D eigenvalue weighted by atomic mass is 9.81. The number of carbonyl (C=O) groups excluding carboxylic acids is 1. The quantitative estimate of drug-likeness (QED) is 0.888. The second kappa shape index (κ2) is 5.68. The van der Waals surface area contributed by atoms with Crippen LogP contribution < -0.4 is 5.32 Å². The van der Waals surface area contributed by atoms with E-state index in [4.69, 9.17) is 5.26 Å². The molecule has 0 radical (unpaired) electrons. The zero-order valence-electron chi connectivity index (χ0n) is 11.4. The number of rotatable bonds is 3. The van der Waals surface area contributed by atoms with Crippen LogP contribution >= 0.6 is 0 Å². The summed E-state index contributed by atoms with van der Waals surface area (Å²) in [6, 6.07) is 9.33. The van der Waals surface area contributed by atoms with E-state index in [2.05, 4.69) is 32.2 Å². The Balaban J connectivity index is 3.02. The van der Waals surface area contributed by atoms with Gasteiger partial charge in [0, 0.05) is 7.05 Å². The Morgan fingerprint density at radius 2 is 1.89 bits per heavy atom. The van der Waals surface area contributed by atoms with Crippen molar-refractivity contribution < 1.29 is 4.79 Å². The summed E-state index contributed by atoms with van der Waals surface area (Å²) in [5, 5.41) is 11.5. The predicted molar refractivity (Wildman–Crippen MR) is 72.0 cm³/mol. The topological polar surface area (TPSA) is 52.9 Å². The van der Waals surface area contributed by atoms with Crippen LogP contribution in [0.2, 0.25) is 0 Å². The molecule has 1 atom stereocenters. The van der Waals surface area contributed by atoms with E-state index in [1.807, 2.05) is 12.1 Å². The molecule has 96 valence electrons. The fraction of sp³-hybridized carbons (Fsp3) is 0.467. The fourth-order valence-corrected chi connectivity index (χ4v) is 1.94. The molecule has 0 aliphatic rings.